The lowest BCUT2D eigenvalue weighted by Crippen LogP contribution is -2.51. The van der Waals surface area contributed by atoms with Crippen molar-refractivity contribution in [2.75, 3.05) is 26.0 Å². The third-order valence-electron chi connectivity index (χ3n) is 2.56. The third-order valence-corrected chi connectivity index (χ3v) is 3.78. The van der Waals surface area contributed by atoms with Crippen molar-refractivity contribution in [2.45, 2.75) is 25.6 Å². The fraction of sp³-hybridized carbons (Fsp3) is 0.889. The highest BCUT2D eigenvalue weighted by Crippen LogP contribution is 2.20. The number of hydrogen-bond donors (Lipinski definition) is 1. The molecule has 1 heterocycles. The molecule has 0 saturated carbocycles. The van der Waals surface area contributed by atoms with E-state index >= 15 is 0 Å². The summed E-state index contributed by atoms with van der Waals surface area (Å²) in [6.07, 6.45) is 0.813. The van der Waals surface area contributed by atoms with Crippen molar-refractivity contribution in [3.05, 3.63) is 10.1 Å². The van der Waals surface area contributed by atoms with Crippen LogP contribution in [0.5, 0.6) is 0 Å². The molecule has 0 amide bonds. The quantitative estimate of drug-likeness (QED) is 0.275. The van der Waals surface area contributed by atoms with E-state index in [0.29, 0.717) is 19.5 Å². The number of nitro groups is 1. The molecule has 0 aliphatic carbocycles. The number of hydrogen-bond acceptors (Lipinski definition) is 8. The molecule has 1 N–H and O–H groups in total. The minimum absolute atomic E-state index is 0.0183. The molecule has 0 aromatic carbocycles. The molecule has 20 heavy (non-hydrogen) atoms. The number of hydrazone groups is 1. The number of rotatable bonds is 8. The highest BCUT2D eigenvalue weighted by atomic mass is 79.9. The van der Waals surface area contributed by atoms with Crippen LogP contribution in [0.25, 0.3) is 0 Å². The number of nitrogens with zero attached hydrogens (tertiary/aromatic N) is 3. The van der Waals surface area contributed by atoms with Crippen molar-refractivity contribution in [1.82, 2.24) is 10.3 Å². The predicted molar refractivity (Wildman–Crippen MR) is 76.7 cm³/mol. The molecule has 0 bridgehead atoms. The van der Waals surface area contributed by atoms with E-state index in [1.165, 1.54) is 5.01 Å². The summed E-state index contributed by atoms with van der Waals surface area (Å²) < 4.78 is 26.5. The van der Waals surface area contributed by atoms with E-state index in [0.717, 1.165) is 6.26 Å². The SMILES string of the molecule is CCNC1C([N+](=O)[O-])C(Br)=NN1CCCOS(C)(=O)=O. The van der Waals surface area contributed by atoms with E-state index in [4.69, 9.17) is 0 Å². The second kappa shape index (κ2) is 7.29. The van der Waals surface area contributed by atoms with Crippen molar-refractivity contribution in [3.8, 4) is 0 Å². The van der Waals surface area contributed by atoms with E-state index in [1.54, 1.807) is 0 Å². The zero-order valence-electron chi connectivity index (χ0n) is 11.2. The zero-order valence-corrected chi connectivity index (χ0v) is 13.6. The first kappa shape index (κ1) is 17.3. The molecule has 1 rings (SSSR count). The van der Waals surface area contributed by atoms with Gasteiger partial charge < -0.3 is 0 Å². The Hall–Kier alpha value is -0.780. The largest absolute Gasteiger partial charge is 0.297 e. The first-order valence-corrected chi connectivity index (χ1v) is 8.59. The van der Waals surface area contributed by atoms with Gasteiger partial charge in [-0.3, -0.25) is 24.6 Å². The molecule has 0 spiro atoms. The van der Waals surface area contributed by atoms with Gasteiger partial charge in [0.25, 0.3) is 16.2 Å². The topological polar surface area (TPSA) is 114 Å². The Bertz CT molecular complexity index is 483. The van der Waals surface area contributed by atoms with Gasteiger partial charge in [0.05, 0.1) is 12.9 Å². The van der Waals surface area contributed by atoms with Gasteiger partial charge in [-0.2, -0.15) is 13.5 Å². The fourth-order valence-electron chi connectivity index (χ4n) is 1.79. The molecule has 0 aromatic rings. The number of halogens is 1. The Kier molecular flexibility index (Phi) is 6.30. The van der Waals surface area contributed by atoms with Gasteiger partial charge in [-0.15, -0.1) is 0 Å². The lowest BCUT2D eigenvalue weighted by molar-refractivity contribution is -0.508. The smallest absolute Gasteiger partial charge is 0.290 e. The molecule has 0 fully saturated rings. The Labute approximate surface area is 125 Å². The fourth-order valence-corrected chi connectivity index (χ4v) is 2.83. The Morgan fingerprint density at radius 2 is 2.25 bits per heavy atom. The van der Waals surface area contributed by atoms with E-state index < -0.39 is 27.2 Å². The lowest BCUT2D eigenvalue weighted by atomic mass is 10.2. The second-order valence-electron chi connectivity index (χ2n) is 4.20. The van der Waals surface area contributed by atoms with Crippen LogP contribution in [0.3, 0.4) is 0 Å². The average molecular weight is 373 g/mol. The zero-order chi connectivity index (χ0) is 15.3. The van der Waals surface area contributed by atoms with Gasteiger partial charge in [-0.1, -0.05) is 6.92 Å². The summed E-state index contributed by atoms with van der Waals surface area (Å²) in [4.78, 5) is 10.6. The monoisotopic (exact) mass is 372 g/mol. The van der Waals surface area contributed by atoms with Crippen LogP contribution in [0.15, 0.2) is 5.10 Å². The Balaban J connectivity index is 2.57. The molecular formula is C9H17BrN4O5S. The van der Waals surface area contributed by atoms with Crippen molar-refractivity contribution >= 4 is 30.7 Å². The predicted octanol–water partition coefficient (Wildman–Crippen LogP) is -0.0424. The van der Waals surface area contributed by atoms with Gasteiger partial charge in [0.15, 0.2) is 10.8 Å². The van der Waals surface area contributed by atoms with E-state index in [9.17, 15) is 18.5 Å². The van der Waals surface area contributed by atoms with Crippen molar-refractivity contribution in [2.24, 2.45) is 5.10 Å². The van der Waals surface area contributed by atoms with Gasteiger partial charge in [0.1, 0.15) is 0 Å². The second-order valence-corrected chi connectivity index (χ2v) is 6.65. The Morgan fingerprint density at radius 3 is 2.75 bits per heavy atom. The molecular weight excluding hydrogens is 356 g/mol. The van der Waals surface area contributed by atoms with Crippen LogP contribution in [0.2, 0.25) is 0 Å². The molecule has 11 heteroatoms. The molecule has 9 nitrogen and oxygen atoms in total. The normalized spacial score (nSPS) is 22.9. The molecule has 0 saturated heterocycles. The minimum atomic E-state index is -3.47. The van der Waals surface area contributed by atoms with Crippen LogP contribution in [-0.2, 0) is 14.3 Å². The lowest BCUT2D eigenvalue weighted by Gasteiger charge is -2.24. The van der Waals surface area contributed by atoms with E-state index in [1.807, 2.05) is 6.92 Å². The third kappa shape index (κ3) is 4.96. The van der Waals surface area contributed by atoms with Gasteiger partial charge in [0, 0.05) is 11.5 Å². The maximum absolute atomic E-state index is 11.0. The van der Waals surface area contributed by atoms with Gasteiger partial charge in [-0.25, -0.2) is 0 Å². The van der Waals surface area contributed by atoms with E-state index in [-0.39, 0.29) is 11.2 Å². The summed E-state index contributed by atoms with van der Waals surface area (Å²) in [5.74, 6) is 0. The summed E-state index contributed by atoms with van der Waals surface area (Å²) in [6.45, 7) is 2.77. The van der Waals surface area contributed by atoms with Crippen LogP contribution < -0.4 is 5.32 Å². The maximum atomic E-state index is 11.0. The molecule has 0 aromatic heterocycles. The highest BCUT2D eigenvalue weighted by Gasteiger charge is 2.44. The average Bonchev–Trinajstić information content (AvgIpc) is 2.60. The minimum Gasteiger partial charge on any atom is -0.290 e. The molecule has 116 valence electrons. The highest BCUT2D eigenvalue weighted by molar-refractivity contribution is 9.18. The van der Waals surface area contributed by atoms with Gasteiger partial charge in [0.2, 0.25) is 0 Å². The summed E-state index contributed by atoms with van der Waals surface area (Å²) in [7, 11) is -3.47. The molecule has 2 unspecified atom stereocenters. The molecule has 1 aliphatic heterocycles. The van der Waals surface area contributed by atoms with Crippen LogP contribution in [0, 0.1) is 10.1 Å². The van der Waals surface area contributed by atoms with Crippen LogP contribution in [0.1, 0.15) is 13.3 Å². The number of nitrogens with one attached hydrogen (secondary N) is 1. The van der Waals surface area contributed by atoms with Crippen LogP contribution in [-0.4, -0.2) is 61.1 Å². The molecule has 0 radical (unpaired) electrons. The summed E-state index contributed by atoms with van der Waals surface area (Å²) in [6, 6.07) is -0.967. The maximum Gasteiger partial charge on any atom is 0.297 e. The summed E-state index contributed by atoms with van der Waals surface area (Å²) in [5, 5.41) is 19.6. The molecule has 2 atom stereocenters. The molecule has 1 aliphatic rings. The standard InChI is InChI=1S/C9H17BrN4O5S/c1-3-11-9-7(14(15)16)8(10)12-13(9)5-4-6-19-20(2,17)18/h7,9,11H,3-6H2,1-2H3. The van der Waals surface area contributed by atoms with Crippen LogP contribution in [0.4, 0.5) is 0 Å². The van der Waals surface area contributed by atoms with Crippen LogP contribution >= 0.6 is 15.9 Å². The first-order valence-electron chi connectivity index (χ1n) is 5.98. The van der Waals surface area contributed by atoms with Gasteiger partial charge >= 0.3 is 0 Å². The van der Waals surface area contributed by atoms with Crippen molar-refractivity contribution in [1.29, 1.82) is 0 Å². The van der Waals surface area contributed by atoms with Crippen molar-refractivity contribution < 1.29 is 17.5 Å². The Morgan fingerprint density at radius 1 is 1.60 bits per heavy atom. The summed E-state index contributed by atoms with van der Waals surface area (Å²) >= 11 is 3.10. The first-order chi connectivity index (χ1) is 9.26. The van der Waals surface area contributed by atoms with Crippen molar-refractivity contribution in [3.63, 3.8) is 0 Å². The number of likely N-dealkylation sites (N-methyl/N-ethyl adjacent to an activating group) is 1. The van der Waals surface area contributed by atoms with E-state index in [2.05, 4.69) is 30.5 Å². The van der Waals surface area contributed by atoms with Gasteiger partial charge in [-0.05, 0) is 28.9 Å². The summed E-state index contributed by atoms with van der Waals surface area (Å²) in [5.41, 5.74) is 0.